The normalized spacial score (nSPS) is 18.4. The first-order chi connectivity index (χ1) is 7.97. The molecule has 1 aromatic rings. The molecule has 0 saturated heterocycles. The standard InChI is InChI=1S/C13H23N3O/c1-5-10(2)13(4,17)9-16-11(3)12-8-14-6-7-15-12/h6-8,10-11,16-17H,5,9H2,1-4H3. The van der Waals surface area contributed by atoms with E-state index in [1.807, 2.05) is 13.8 Å². The second-order valence-corrected chi connectivity index (χ2v) is 4.90. The summed E-state index contributed by atoms with van der Waals surface area (Å²) < 4.78 is 0. The van der Waals surface area contributed by atoms with Gasteiger partial charge in [-0.1, -0.05) is 20.3 Å². The molecule has 2 N–H and O–H groups in total. The van der Waals surface area contributed by atoms with Gasteiger partial charge < -0.3 is 10.4 Å². The summed E-state index contributed by atoms with van der Waals surface area (Å²) in [7, 11) is 0. The largest absolute Gasteiger partial charge is 0.389 e. The molecule has 0 aliphatic carbocycles. The first-order valence-electron chi connectivity index (χ1n) is 6.19. The van der Waals surface area contributed by atoms with Gasteiger partial charge in [-0.25, -0.2) is 0 Å². The Morgan fingerprint density at radius 3 is 2.65 bits per heavy atom. The highest BCUT2D eigenvalue weighted by Crippen LogP contribution is 2.20. The lowest BCUT2D eigenvalue weighted by molar-refractivity contribution is 0.00355. The van der Waals surface area contributed by atoms with Gasteiger partial charge in [0, 0.05) is 31.2 Å². The average Bonchev–Trinajstić information content (AvgIpc) is 2.36. The predicted octanol–water partition coefficient (Wildman–Crippen LogP) is 1.92. The Labute approximate surface area is 103 Å². The minimum Gasteiger partial charge on any atom is -0.389 e. The molecule has 0 bridgehead atoms. The van der Waals surface area contributed by atoms with Crippen molar-refractivity contribution in [3.63, 3.8) is 0 Å². The van der Waals surface area contributed by atoms with E-state index in [2.05, 4.69) is 29.1 Å². The zero-order valence-electron chi connectivity index (χ0n) is 11.1. The van der Waals surface area contributed by atoms with Crippen molar-refractivity contribution < 1.29 is 5.11 Å². The lowest BCUT2D eigenvalue weighted by Gasteiger charge is -2.31. The number of hydrogen-bond acceptors (Lipinski definition) is 4. The van der Waals surface area contributed by atoms with Gasteiger partial charge in [0.25, 0.3) is 0 Å². The van der Waals surface area contributed by atoms with Crippen molar-refractivity contribution in [3.05, 3.63) is 24.3 Å². The Morgan fingerprint density at radius 1 is 1.41 bits per heavy atom. The van der Waals surface area contributed by atoms with Gasteiger partial charge in [-0.05, 0) is 19.8 Å². The van der Waals surface area contributed by atoms with Crippen LogP contribution in [-0.4, -0.2) is 27.2 Å². The van der Waals surface area contributed by atoms with Crippen molar-refractivity contribution >= 4 is 0 Å². The van der Waals surface area contributed by atoms with E-state index < -0.39 is 5.60 Å². The third-order valence-electron chi connectivity index (χ3n) is 3.47. The van der Waals surface area contributed by atoms with Crippen LogP contribution in [0.2, 0.25) is 0 Å². The molecule has 0 aromatic carbocycles. The molecule has 3 unspecified atom stereocenters. The molecule has 0 radical (unpaired) electrons. The molecule has 3 atom stereocenters. The van der Waals surface area contributed by atoms with Gasteiger partial charge in [-0.15, -0.1) is 0 Å². The monoisotopic (exact) mass is 237 g/mol. The van der Waals surface area contributed by atoms with Gasteiger partial charge >= 0.3 is 0 Å². The molecule has 0 aliphatic rings. The minimum atomic E-state index is -0.689. The molecular weight excluding hydrogens is 214 g/mol. The summed E-state index contributed by atoms with van der Waals surface area (Å²) in [6.45, 7) is 8.61. The van der Waals surface area contributed by atoms with Crippen LogP contribution < -0.4 is 5.32 Å². The highest BCUT2D eigenvalue weighted by Gasteiger charge is 2.27. The lowest BCUT2D eigenvalue weighted by atomic mass is 9.88. The van der Waals surface area contributed by atoms with Gasteiger partial charge in [0.1, 0.15) is 0 Å². The summed E-state index contributed by atoms with van der Waals surface area (Å²) in [5.41, 5.74) is 0.207. The first-order valence-corrected chi connectivity index (χ1v) is 6.19. The second kappa shape index (κ2) is 6.07. The third-order valence-corrected chi connectivity index (χ3v) is 3.47. The summed E-state index contributed by atoms with van der Waals surface area (Å²) >= 11 is 0. The highest BCUT2D eigenvalue weighted by molar-refractivity contribution is 5.01. The quantitative estimate of drug-likeness (QED) is 0.793. The van der Waals surface area contributed by atoms with Crippen LogP contribution >= 0.6 is 0 Å². The molecule has 1 heterocycles. The van der Waals surface area contributed by atoms with Crippen LogP contribution in [0.3, 0.4) is 0 Å². The van der Waals surface area contributed by atoms with Gasteiger partial charge in [-0.2, -0.15) is 0 Å². The second-order valence-electron chi connectivity index (χ2n) is 4.90. The Morgan fingerprint density at radius 2 is 2.12 bits per heavy atom. The highest BCUT2D eigenvalue weighted by atomic mass is 16.3. The van der Waals surface area contributed by atoms with Crippen LogP contribution in [0.5, 0.6) is 0 Å². The molecule has 4 heteroatoms. The summed E-state index contributed by atoms with van der Waals surface area (Å²) in [5.74, 6) is 0.268. The zero-order chi connectivity index (χ0) is 12.9. The molecule has 96 valence electrons. The maximum Gasteiger partial charge on any atom is 0.0769 e. The van der Waals surface area contributed by atoms with Crippen molar-refractivity contribution in [2.45, 2.75) is 45.8 Å². The van der Waals surface area contributed by atoms with E-state index in [0.29, 0.717) is 6.54 Å². The number of aliphatic hydroxyl groups is 1. The number of nitrogens with zero attached hydrogens (tertiary/aromatic N) is 2. The van der Waals surface area contributed by atoms with Crippen molar-refractivity contribution in [2.24, 2.45) is 5.92 Å². The SMILES string of the molecule is CCC(C)C(C)(O)CNC(C)c1cnccn1. The predicted molar refractivity (Wildman–Crippen MR) is 68.5 cm³/mol. The van der Waals surface area contributed by atoms with E-state index >= 15 is 0 Å². The fourth-order valence-electron chi connectivity index (χ4n) is 1.61. The Balaban J connectivity index is 2.51. The van der Waals surface area contributed by atoms with Gasteiger partial charge in [0.2, 0.25) is 0 Å². The molecule has 0 fully saturated rings. The minimum absolute atomic E-state index is 0.0965. The van der Waals surface area contributed by atoms with Crippen LogP contribution in [0.4, 0.5) is 0 Å². The fourth-order valence-corrected chi connectivity index (χ4v) is 1.61. The van der Waals surface area contributed by atoms with E-state index in [9.17, 15) is 5.11 Å². The number of hydrogen-bond donors (Lipinski definition) is 2. The molecule has 17 heavy (non-hydrogen) atoms. The first kappa shape index (κ1) is 14.1. The molecule has 4 nitrogen and oxygen atoms in total. The number of nitrogens with one attached hydrogen (secondary N) is 1. The van der Waals surface area contributed by atoms with Crippen LogP contribution in [0, 0.1) is 5.92 Å². The van der Waals surface area contributed by atoms with Crippen molar-refractivity contribution in [3.8, 4) is 0 Å². The Kier molecular flexibility index (Phi) is 5.02. The maximum atomic E-state index is 10.3. The molecule has 0 aliphatic heterocycles. The molecule has 0 saturated carbocycles. The van der Waals surface area contributed by atoms with E-state index in [1.54, 1.807) is 18.6 Å². The third kappa shape index (κ3) is 4.06. The fraction of sp³-hybridized carbons (Fsp3) is 0.692. The van der Waals surface area contributed by atoms with Gasteiger partial charge in [0.05, 0.1) is 11.3 Å². The molecular formula is C13H23N3O. The van der Waals surface area contributed by atoms with Crippen LogP contribution in [0.25, 0.3) is 0 Å². The van der Waals surface area contributed by atoms with Crippen molar-refractivity contribution in [1.29, 1.82) is 0 Å². The van der Waals surface area contributed by atoms with Crippen molar-refractivity contribution in [2.75, 3.05) is 6.54 Å². The van der Waals surface area contributed by atoms with Gasteiger partial charge in [0.15, 0.2) is 0 Å². The van der Waals surface area contributed by atoms with E-state index in [0.717, 1.165) is 12.1 Å². The average molecular weight is 237 g/mol. The molecule has 0 amide bonds. The van der Waals surface area contributed by atoms with Gasteiger partial charge in [-0.3, -0.25) is 9.97 Å². The van der Waals surface area contributed by atoms with E-state index in [-0.39, 0.29) is 12.0 Å². The molecule has 1 rings (SSSR count). The van der Waals surface area contributed by atoms with Crippen LogP contribution in [-0.2, 0) is 0 Å². The molecule has 1 aromatic heterocycles. The van der Waals surface area contributed by atoms with Crippen LogP contribution in [0.1, 0.15) is 45.9 Å². The Bertz CT molecular complexity index is 327. The smallest absolute Gasteiger partial charge is 0.0769 e. The lowest BCUT2D eigenvalue weighted by Crippen LogP contribution is -2.43. The number of aromatic nitrogens is 2. The maximum absolute atomic E-state index is 10.3. The van der Waals surface area contributed by atoms with Crippen molar-refractivity contribution in [1.82, 2.24) is 15.3 Å². The van der Waals surface area contributed by atoms with Crippen LogP contribution in [0.15, 0.2) is 18.6 Å². The zero-order valence-corrected chi connectivity index (χ0v) is 11.1. The topological polar surface area (TPSA) is 58.0 Å². The summed E-state index contributed by atoms with van der Waals surface area (Å²) in [6, 6.07) is 0.0965. The molecule has 0 spiro atoms. The number of rotatable bonds is 6. The summed E-state index contributed by atoms with van der Waals surface area (Å²) in [4.78, 5) is 8.27. The van der Waals surface area contributed by atoms with E-state index in [1.165, 1.54) is 0 Å². The summed E-state index contributed by atoms with van der Waals surface area (Å²) in [6.07, 6.45) is 6.05. The Hall–Kier alpha value is -1.00. The van der Waals surface area contributed by atoms with E-state index in [4.69, 9.17) is 0 Å². The summed E-state index contributed by atoms with van der Waals surface area (Å²) in [5, 5.41) is 13.6.